The predicted octanol–water partition coefficient (Wildman–Crippen LogP) is -3.78. The zero-order valence-corrected chi connectivity index (χ0v) is 0. The summed E-state index contributed by atoms with van der Waals surface area (Å²) in [6.45, 7) is 0. The van der Waals surface area contributed by atoms with Crippen molar-refractivity contribution < 1.29 is 0 Å². The second-order valence-corrected chi connectivity index (χ2v) is 0. The molecule has 0 saturated carbocycles. The van der Waals surface area contributed by atoms with E-state index in [2.05, 4.69) is 0 Å². The van der Waals surface area contributed by atoms with Gasteiger partial charge < -0.3 is 0 Å². The minimum atomic E-state index is 0. The standard InChI is InChI=1S/Al.Cs.K.Na.Rb.7H. The Morgan fingerprint density at radius 1 is 1.00 bits per heavy atom. The summed E-state index contributed by atoms with van der Waals surface area (Å²) in [6, 6.07) is 0. The third-order valence-corrected chi connectivity index (χ3v) is 0. The normalized spacial score (nSPS) is 0. The third kappa shape index (κ3) is 18.2. The topological polar surface area (TPSA) is 0 Å². The molecule has 0 fully saturated rings. The van der Waals surface area contributed by atoms with Gasteiger partial charge in [-0.25, -0.2) is 0 Å². The molecule has 14 valence electrons. The van der Waals surface area contributed by atoms with Crippen molar-refractivity contribution in [2.75, 3.05) is 0 Å². The van der Waals surface area contributed by atoms with Gasteiger partial charge >= 0.3 is 208 Å². The Labute approximate surface area is 216 Å². The number of hydrogen-bond acceptors (Lipinski definition) is 0. The van der Waals surface area contributed by atoms with E-state index >= 15 is 0 Å². The average molecular weight is 314 g/mol. The van der Waals surface area contributed by atoms with Gasteiger partial charge in [-0.3, -0.25) is 0 Å². The van der Waals surface area contributed by atoms with Crippen molar-refractivity contribution >= 4 is 225 Å². The molecule has 5 heteroatoms. The molecule has 0 spiro atoms. The van der Waals surface area contributed by atoms with Crippen molar-refractivity contribution in [3.8, 4) is 0 Å². The summed E-state index contributed by atoms with van der Waals surface area (Å²) in [5.74, 6) is 0. The summed E-state index contributed by atoms with van der Waals surface area (Å²) in [5.41, 5.74) is 0. The first-order valence-corrected chi connectivity index (χ1v) is 0. The van der Waals surface area contributed by atoms with Crippen LogP contribution in [0.1, 0.15) is 0 Å². The maximum absolute atomic E-state index is 0. The van der Waals surface area contributed by atoms with Crippen LogP contribution in [0.3, 0.4) is 0 Å². The molecule has 0 aromatic carbocycles. The molecule has 0 aromatic rings. The number of hydrogen-bond donors (Lipinski definition) is 0. The second kappa shape index (κ2) is 22.5. The van der Waals surface area contributed by atoms with E-state index in [1.165, 1.54) is 0 Å². The Kier molecular flexibility index (Phi) is 133. The van der Waals surface area contributed by atoms with E-state index in [0.29, 0.717) is 0 Å². The molecule has 0 rings (SSSR count). The molecule has 0 aliphatic heterocycles. The minimum absolute atomic E-state index is 0. The van der Waals surface area contributed by atoms with Gasteiger partial charge in [0, 0.05) is 0 Å². The van der Waals surface area contributed by atoms with Gasteiger partial charge in [0.2, 0.25) is 0 Å². The molecule has 0 N–H and O–H groups in total. The van der Waals surface area contributed by atoms with Gasteiger partial charge in [-0.05, 0) is 0 Å². The first-order valence-electron chi connectivity index (χ1n) is 0. The molecule has 0 bridgehead atoms. The van der Waals surface area contributed by atoms with Crippen LogP contribution in [0.5, 0.6) is 0 Å². The van der Waals surface area contributed by atoms with E-state index in [0.717, 1.165) is 0 Å². The van der Waals surface area contributed by atoms with Crippen molar-refractivity contribution in [1.82, 2.24) is 0 Å². The molecular formula is H7AlCsKNaRb. The molecule has 0 aliphatic carbocycles. The van der Waals surface area contributed by atoms with Gasteiger partial charge in [-0.2, -0.15) is 0 Å². The fourth-order valence-electron chi connectivity index (χ4n) is 0. The quantitative estimate of drug-likeness (QED) is 0.403. The molecule has 0 amide bonds. The maximum atomic E-state index is 0. The van der Waals surface area contributed by atoms with E-state index in [9.17, 15) is 0 Å². The fourth-order valence-corrected chi connectivity index (χ4v) is 0. The fraction of sp³-hybridized carbons (Fsp3) is 0. The second-order valence-electron chi connectivity index (χ2n) is 0. The van der Waals surface area contributed by atoms with Gasteiger partial charge in [0.05, 0.1) is 0 Å². The molecule has 0 nitrogen and oxygen atoms in total. The summed E-state index contributed by atoms with van der Waals surface area (Å²) < 4.78 is 0. The van der Waals surface area contributed by atoms with E-state index in [1.54, 1.807) is 0 Å². The van der Waals surface area contributed by atoms with E-state index in [-0.39, 0.29) is 225 Å². The molecule has 0 aromatic heterocycles. The Balaban J connectivity index is 0. The third-order valence-electron chi connectivity index (χ3n) is 0. The van der Waals surface area contributed by atoms with Crippen molar-refractivity contribution in [3.63, 3.8) is 0 Å². The van der Waals surface area contributed by atoms with Crippen molar-refractivity contribution in [2.24, 2.45) is 0 Å². The Morgan fingerprint density at radius 3 is 1.00 bits per heavy atom. The molecule has 0 aliphatic rings. The molecule has 0 radical (unpaired) electrons. The van der Waals surface area contributed by atoms with E-state index < -0.39 is 0 Å². The summed E-state index contributed by atoms with van der Waals surface area (Å²) >= 11 is 0. The average Bonchev–Trinajstić information content (AvgIpc) is 0. The van der Waals surface area contributed by atoms with Crippen LogP contribution in [0.2, 0.25) is 0 Å². The van der Waals surface area contributed by atoms with Crippen LogP contribution in [0.4, 0.5) is 0 Å². The van der Waals surface area contributed by atoms with Crippen molar-refractivity contribution in [3.05, 3.63) is 0 Å². The zero-order valence-electron chi connectivity index (χ0n) is 0. The Bertz CT molecular complexity index is 11.6. The molecule has 0 unspecified atom stereocenters. The van der Waals surface area contributed by atoms with Crippen LogP contribution in [-0.2, 0) is 0 Å². The molecule has 0 saturated heterocycles. The van der Waals surface area contributed by atoms with Crippen LogP contribution >= 0.6 is 0 Å². The predicted molar refractivity (Wildman–Crippen MR) is 38.5 cm³/mol. The summed E-state index contributed by atoms with van der Waals surface area (Å²) in [5, 5.41) is 0. The first kappa shape index (κ1) is 29.6. The molecule has 5 heavy (non-hydrogen) atoms. The van der Waals surface area contributed by atoms with Crippen LogP contribution in [0.15, 0.2) is 0 Å². The summed E-state index contributed by atoms with van der Waals surface area (Å²) in [6.07, 6.45) is 0. The van der Waals surface area contributed by atoms with E-state index in [1.807, 2.05) is 0 Å². The Hall–Kier alpha value is 7.03. The van der Waals surface area contributed by atoms with Crippen LogP contribution in [0, 0.1) is 0 Å². The van der Waals surface area contributed by atoms with Crippen LogP contribution in [0.25, 0.3) is 0 Å². The van der Waals surface area contributed by atoms with Gasteiger partial charge in [0.15, 0.2) is 17.4 Å². The summed E-state index contributed by atoms with van der Waals surface area (Å²) in [7, 11) is 0. The van der Waals surface area contributed by atoms with Crippen LogP contribution < -0.4 is 0 Å². The molecule has 0 heterocycles. The van der Waals surface area contributed by atoms with Crippen LogP contribution in [-0.4, -0.2) is 225 Å². The van der Waals surface area contributed by atoms with Gasteiger partial charge in [0.1, 0.15) is 0 Å². The SMILES string of the molecule is [AlH3].[CsH].[KH].[NaH].[RbH]. The number of rotatable bonds is 0. The zero-order chi connectivity index (χ0) is 0. The molecular weight excluding hydrogens is 307 g/mol. The van der Waals surface area contributed by atoms with Crippen molar-refractivity contribution in [2.45, 2.75) is 0 Å². The monoisotopic (exact) mass is 314 g/mol. The van der Waals surface area contributed by atoms with Gasteiger partial charge in [0.25, 0.3) is 0 Å². The molecule has 0 atom stereocenters. The first-order chi connectivity index (χ1) is 0. The van der Waals surface area contributed by atoms with E-state index in [4.69, 9.17) is 0 Å². The summed E-state index contributed by atoms with van der Waals surface area (Å²) in [4.78, 5) is 0. The Morgan fingerprint density at radius 2 is 1.00 bits per heavy atom. The van der Waals surface area contributed by atoms with Gasteiger partial charge in [-0.1, -0.05) is 0 Å². The van der Waals surface area contributed by atoms with Crippen molar-refractivity contribution in [1.29, 1.82) is 0 Å². The van der Waals surface area contributed by atoms with Gasteiger partial charge in [-0.15, -0.1) is 0 Å².